The van der Waals surface area contributed by atoms with Crippen molar-refractivity contribution in [1.82, 2.24) is 5.01 Å². The standard InChI is InChI=1S/C19H21N3O3S/c1-13-6-4-5-7-17(13)19-12-18(20-22(19)14(2)23)15-8-10-16(11-9-15)21-26(3,24)25/h4-11,19,21H,12H2,1-3H3. The molecular weight excluding hydrogens is 350 g/mol. The van der Waals surface area contributed by atoms with Crippen LogP contribution in [0.1, 0.15) is 36.1 Å². The number of hydrazone groups is 1. The molecule has 7 heteroatoms. The van der Waals surface area contributed by atoms with E-state index in [4.69, 9.17) is 0 Å². The lowest BCUT2D eigenvalue weighted by molar-refractivity contribution is -0.130. The minimum atomic E-state index is -3.31. The van der Waals surface area contributed by atoms with E-state index in [1.165, 1.54) is 11.9 Å². The van der Waals surface area contributed by atoms with E-state index in [0.29, 0.717) is 12.1 Å². The fraction of sp³-hybridized carbons (Fsp3) is 0.263. The zero-order valence-electron chi connectivity index (χ0n) is 14.9. The second-order valence-corrected chi connectivity index (χ2v) is 8.19. The summed E-state index contributed by atoms with van der Waals surface area (Å²) in [7, 11) is -3.31. The summed E-state index contributed by atoms with van der Waals surface area (Å²) in [6, 6.07) is 14.9. The molecular formula is C19H21N3O3S. The molecule has 0 bridgehead atoms. The lowest BCUT2D eigenvalue weighted by Crippen LogP contribution is -2.24. The number of benzene rings is 2. The molecule has 1 aliphatic rings. The van der Waals surface area contributed by atoms with Gasteiger partial charge in [-0.1, -0.05) is 36.4 Å². The van der Waals surface area contributed by atoms with Crippen LogP contribution in [-0.2, 0) is 14.8 Å². The number of anilines is 1. The van der Waals surface area contributed by atoms with Crippen LogP contribution in [0.2, 0.25) is 0 Å². The first-order valence-corrected chi connectivity index (χ1v) is 10.1. The Morgan fingerprint density at radius 3 is 2.38 bits per heavy atom. The van der Waals surface area contributed by atoms with Gasteiger partial charge in [-0.2, -0.15) is 5.10 Å². The fourth-order valence-electron chi connectivity index (χ4n) is 3.12. The van der Waals surface area contributed by atoms with Crippen LogP contribution in [0.3, 0.4) is 0 Å². The summed E-state index contributed by atoms with van der Waals surface area (Å²) in [5.41, 5.74) is 4.36. The highest BCUT2D eigenvalue weighted by Crippen LogP contribution is 2.34. The van der Waals surface area contributed by atoms with Crippen molar-refractivity contribution < 1.29 is 13.2 Å². The van der Waals surface area contributed by atoms with Crippen molar-refractivity contribution in [2.45, 2.75) is 26.3 Å². The van der Waals surface area contributed by atoms with Crippen molar-refractivity contribution in [2.75, 3.05) is 11.0 Å². The highest BCUT2D eigenvalue weighted by atomic mass is 32.2. The van der Waals surface area contributed by atoms with E-state index < -0.39 is 10.0 Å². The Hall–Kier alpha value is -2.67. The molecule has 1 amide bonds. The Morgan fingerprint density at radius 2 is 1.81 bits per heavy atom. The number of hydrogen-bond acceptors (Lipinski definition) is 4. The van der Waals surface area contributed by atoms with E-state index in [-0.39, 0.29) is 11.9 Å². The molecule has 0 spiro atoms. The van der Waals surface area contributed by atoms with E-state index in [2.05, 4.69) is 9.82 Å². The number of aryl methyl sites for hydroxylation is 1. The topological polar surface area (TPSA) is 78.8 Å². The molecule has 2 aromatic rings. The summed E-state index contributed by atoms with van der Waals surface area (Å²) in [6.07, 6.45) is 1.72. The monoisotopic (exact) mass is 371 g/mol. The van der Waals surface area contributed by atoms with Gasteiger partial charge in [0.2, 0.25) is 15.9 Å². The highest BCUT2D eigenvalue weighted by Gasteiger charge is 2.32. The first-order chi connectivity index (χ1) is 12.2. The van der Waals surface area contributed by atoms with Crippen LogP contribution >= 0.6 is 0 Å². The average molecular weight is 371 g/mol. The Morgan fingerprint density at radius 1 is 1.15 bits per heavy atom. The van der Waals surface area contributed by atoms with Gasteiger partial charge >= 0.3 is 0 Å². The first-order valence-electron chi connectivity index (χ1n) is 8.25. The lowest BCUT2D eigenvalue weighted by Gasteiger charge is -2.22. The largest absolute Gasteiger partial charge is 0.284 e. The molecule has 0 aliphatic carbocycles. The van der Waals surface area contributed by atoms with Gasteiger partial charge in [0.25, 0.3) is 0 Å². The van der Waals surface area contributed by atoms with Gasteiger partial charge < -0.3 is 0 Å². The molecule has 1 atom stereocenters. The minimum Gasteiger partial charge on any atom is -0.284 e. The highest BCUT2D eigenvalue weighted by molar-refractivity contribution is 7.92. The maximum Gasteiger partial charge on any atom is 0.240 e. The summed E-state index contributed by atoms with van der Waals surface area (Å²) in [5, 5.41) is 6.05. The van der Waals surface area contributed by atoms with Crippen LogP contribution in [-0.4, -0.2) is 31.3 Å². The van der Waals surface area contributed by atoms with E-state index >= 15 is 0 Å². The zero-order chi connectivity index (χ0) is 18.9. The molecule has 0 saturated carbocycles. The Kier molecular flexibility index (Phi) is 4.82. The normalized spacial score (nSPS) is 17.1. The summed E-state index contributed by atoms with van der Waals surface area (Å²) in [5.74, 6) is -0.108. The van der Waals surface area contributed by atoms with Crippen molar-refractivity contribution in [3.8, 4) is 0 Å². The number of rotatable bonds is 4. The number of carbonyl (C=O) groups excluding carboxylic acids is 1. The van der Waals surface area contributed by atoms with E-state index in [1.54, 1.807) is 12.1 Å². The predicted octanol–water partition coefficient (Wildman–Crippen LogP) is 3.06. The Bertz CT molecular complexity index is 966. The molecule has 1 aliphatic heterocycles. The fourth-order valence-corrected chi connectivity index (χ4v) is 3.69. The number of nitrogens with zero attached hydrogens (tertiary/aromatic N) is 2. The summed E-state index contributed by atoms with van der Waals surface area (Å²) in [6.45, 7) is 3.54. The van der Waals surface area contributed by atoms with Gasteiger partial charge in [0.1, 0.15) is 0 Å². The predicted molar refractivity (Wildman–Crippen MR) is 103 cm³/mol. The maximum absolute atomic E-state index is 12.1. The van der Waals surface area contributed by atoms with Gasteiger partial charge in [0, 0.05) is 19.0 Å². The van der Waals surface area contributed by atoms with Crippen LogP contribution < -0.4 is 4.72 Å². The van der Waals surface area contributed by atoms with Gasteiger partial charge in [-0.3, -0.25) is 9.52 Å². The third-order valence-electron chi connectivity index (χ3n) is 4.30. The average Bonchev–Trinajstić information content (AvgIpc) is 3.00. The molecule has 0 fully saturated rings. The number of hydrogen-bond donors (Lipinski definition) is 1. The smallest absolute Gasteiger partial charge is 0.240 e. The minimum absolute atomic E-state index is 0.108. The van der Waals surface area contributed by atoms with Gasteiger partial charge in [-0.05, 0) is 35.7 Å². The molecule has 0 saturated heterocycles. The first kappa shape index (κ1) is 18.1. The zero-order valence-corrected chi connectivity index (χ0v) is 15.7. The SMILES string of the molecule is CC(=O)N1N=C(c2ccc(NS(C)(=O)=O)cc2)CC1c1ccccc1C. The molecule has 1 unspecified atom stereocenters. The van der Waals surface area contributed by atoms with Gasteiger partial charge in [0.15, 0.2) is 0 Å². The van der Waals surface area contributed by atoms with E-state index in [1.807, 2.05) is 43.3 Å². The van der Waals surface area contributed by atoms with Crippen molar-refractivity contribution in [1.29, 1.82) is 0 Å². The molecule has 3 rings (SSSR count). The summed E-state index contributed by atoms with van der Waals surface area (Å²) < 4.78 is 25.1. The molecule has 6 nitrogen and oxygen atoms in total. The van der Waals surface area contributed by atoms with Gasteiger partial charge in [-0.25, -0.2) is 13.4 Å². The van der Waals surface area contributed by atoms with Gasteiger partial charge in [0.05, 0.1) is 18.0 Å². The van der Waals surface area contributed by atoms with Crippen LogP contribution in [0.5, 0.6) is 0 Å². The molecule has 2 aromatic carbocycles. The van der Waals surface area contributed by atoms with Crippen molar-refractivity contribution in [3.05, 3.63) is 65.2 Å². The molecule has 26 heavy (non-hydrogen) atoms. The molecule has 1 N–H and O–H groups in total. The van der Waals surface area contributed by atoms with Crippen LogP contribution in [0.4, 0.5) is 5.69 Å². The Balaban J connectivity index is 1.88. The number of sulfonamides is 1. The molecule has 136 valence electrons. The maximum atomic E-state index is 12.1. The van der Waals surface area contributed by atoms with E-state index in [9.17, 15) is 13.2 Å². The third kappa shape index (κ3) is 3.94. The summed E-state index contributed by atoms with van der Waals surface area (Å²) in [4.78, 5) is 12.1. The van der Waals surface area contributed by atoms with Crippen LogP contribution in [0, 0.1) is 6.92 Å². The van der Waals surface area contributed by atoms with Crippen LogP contribution in [0.25, 0.3) is 0 Å². The van der Waals surface area contributed by atoms with Crippen molar-refractivity contribution >= 4 is 27.3 Å². The Labute approximate surface area is 153 Å². The van der Waals surface area contributed by atoms with Crippen LogP contribution in [0.15, 0.2) is 53.6 Å². The summed E-state index contributed by atoms with van der Waals surface area (Å²) >= 11 is 0. The quantitative estimate of drug-likeness (QED) is 0.897. The second kappa shape index (κ2) is 6.92. The molecule has 1 heterocycles. The third-order valence-corrected chi connectivity index (χ3v) is 4.91. The van der Waals surface area contributed by atoms with Crippen molar-refractivity contribution in [2.24, 2.45) is 5.10 Å². The number of amides is 1. The van der Waals surface area contributed by atoms with Crippen molar-refractivity contribution in [3.63, 3.8) is 0 Å². The molecule has 0 radical (unpaired) electrons. The van der Waals surface area contributed by atoms with Gasteiger partial charge in [-0.15, -0.1) is 0 Å². The molecule has 0 aromatic heterocycles. The number of carbonyl (C=O) groups is 1. The van der Waals surface area contributed by atoms with E-state index in [0.717, 1.165) is 28.7 Å². The second-order valence-electron chi connectivity index (χ2n) is 6.44. The number of nitrogens with one attached hydrogen (secondary N) is 1. The lowest BCUT2D eigenvalue weighted by atomic mass is 9.95.